The number of rotatable bonds is 3. The lowest BCUT2D eigenvalue weighted by Crippen LogP contribution is -2.05. The van der Waals surface area contributed by atoms with E-state index in [9.17, 15) is 13.0 Å². The van der Waals surface area contributed by atoms with Crippen molar-refractivity contribution in [1.29, 1.82) is 0 Å². The van der Waals surface area contributed by atoms with Gasteiger partial charge in [0.05, 0.1) is 4.90 Å². The Kier molecular flexibility index (Phi) is 4.03. The van der Waals surface area contributed by atoms with Gasteiger partial charge in [0.15, 0.2) is 0 Å². The summed E-state index contributed by atoms with van der Waals surface area (Å²) in [7, 11) is -4.63. The van der Waals surface area contributed by atoms with E-state index in [0.717, 1.165) is 5.56 Å². The van der Waals surface area contributed by atoms with Crippen LogP contribution in [0.2, 0.25) is 0 Å². The first-order valence-corrected chi connectivity index (χ1v) is 8.59. The van der Waals surface area contributed by atoms with E-state index in [4.69, 9.17) is 0 Å². The molecule has 3 aromatic carbocycles. The molecule has 0 saturated carbocycles. The second-order valence-electron chi connectivity index (χ2n) is 5.38. The molecule has 4 heteroatoms. The van der Waals surface area contributed by atoms with E-state index in [1.165, 1.54) is 0 Å². The maximum atomic E-state index is 12.0. The van der Waals surface area contributed by atoms with Crippen molar-refractivity contribution in [3.05, 3.63) is 78.4 Å². The summed E-state index contributed by atoms with van der Waals surface area (Å²) in [6.45, 7) is 1.89. The van der Waals surface area contributed by atoms with Crippen LogP contribution in [0.25, 0.3) is 22.3 Å². The zero-order valence-corrected chi connectivity index (χ0v) is 13.4. The minimum Gasteiger partial charge on any atom is -0.744 e. The van der Waals surface area contributed by atoms with E-state index in [0.29, 0.717) is 22.3 Å². The minimum atomic E-state index is -4.63. The Hall–Kier alpha value is -2.43. The second kappa shape index (κ2) is 5.99. The summed E-state index contributed by atoms with van der Waals surface area (Å²) in [6, 6.07) is 21.7. The molecule has 0 N–H and O–H groups in total. The molecule has 3 rings (SSSR count). The predicted octanol–water partition coefficient (Wildman–Crippen LogP) is 4.23. The molecular weight excluding hydrogens is 308 g/mol. The van der Waals surface area contributed by atoms with E-state index in [1.54, 1.807) is 36.4 Å². The molecular formula is C19H15O3S-. The van der Waals surface area contributed by atoms with Crippen molar-refractivity contribution >= 4 is 10.1 Å². The zero-order chi connectivity index (χ0) is 16.4. The standard InChI is InChI=1S/C19H16O3S/c1-14-12-17(15-8-4-2-5-9-15)19(23(20,21)22)18(13-14)16-10-6-3-7-11-16/h2-13H,1H3,(H,20,21,22)/p-1. The number of aryl methyl sites for hydroxylation is 1. The van der Waals surface area contributed by atoms with Crippen LogP contribution >= 0.6 is 0 Å². The molecule has 0 unspecified atom stereocenters. The van der Waals surface area contributed by atoms with Crippen molar-refractivity contribution in [3.63, 3.8) is 0 Å². The van der Waals surface area contributed by atoms with E-state index >= 15 is 0 Å². The highest BCUT2D eigenvalue weighted by Gasteiger charge is 2.18. The van der Waals surface area contributed by atoms with Gasteiger partial charge in [0.2, 0.25) is 0 Å². The molecule has 0 atom stereocenters. The predicted molar refractivity (Wildman–Crippen MR) is 90.0 cm³/mol. The first-order chi connectivity index (χ1) is 11.0. The van der Waals surface area contributed by atoms with E-state index in [2.05, 4.69) is 0 Å². The summed E-state index contributed by atoms with van der Waals surface area (Å²) in [4.78, 5) is -0.166. The van der Waals surface area contributed by atoms with E-state index < -0.39 is 10.1 Å². The largest absolute Gasteiger partial charge is 0.744 e. The highest BCUT2D eigenvalue weighted by atomic mass is 32.2. The van der Waals surface area contributed by atoms with Crippen LogP contribution in [0.3, 0.4) is 0 Å². The molecule has 0 heterocycles. The molecule has 23 heavy (non-hydrogen) atoms. The molecule has 0 radical (unpaired) electrons. The molecule has 0 aromatic heterocycles. The maximum Gasteiger partial charge on any atom is 0.125 e. The van der Waals surface area contributed by atoms with Gasteiger partial charge in [-0.2, -0.15) is 0 Å². The first kappa shape index (κ1) is 15.5. The SMILES string of the molecule is Cc1cc(-c2ccccc2)c(S(=O)(=O)[O-])c(-c2ccccc2)c1. The van der Waals surface area contributed by atoms with Gasteiger partial charge in [-0.15, -0.1) is 0 Å². The molecule has 0 amide bonds. The van der Waals surface area contributed by atoms with Crippen LogP contribution in [-0.4, -0.2) is 13.0 Å². The van der Waals surface area contributed by atoms with Gasteiger partial charge in [0, 0.05) is 11.1 Å². The van der Waals surface area contributed by atoms with Gasteiger partial charge in [-0.1, -0.05) is 72.8 Å². The minimum absolute atomic E-state index is 0.166. The lowest BCUT2D eigenvalue weighted by molar-refractivity contribution is 0.463. The van der Waals surface area contributed by atoms with E-state index in [-0.39, 0.29) is 4.90 Å². The van der Waals surface area contributed by atoms with Crippen LogP contribution in [0.4, 0.5) is 0 Å². The zero-order valence-electron chi connectivity index (χ0n) is 12.6. The number of hydrogen-bond acceptors (Lipinski definition) is 3. The molecule has 0 bridgehead atoms. The van der Waals surface area contributed by atoms with Crippen LogP contribution in [-0.2, 0) is 10.1 Å². The molecule has 0 aliphatic heterocycles. The number of hydrogen-bond donors (Lipinski definition) is 0. The Morgan fingerprint density at radius 2 is 1.13 bits per heavy atom. The third-order valence-corrected chi connectivity index (χ3v) is 4.59. The third kappa shape index (κ3) is 3.18. The average molecular weight is 323 g/mol. The monoisotopic (exact) mass is 323 g/mol. The van der Waals surface area contributed by atoms with Crippen molar-refractivity contribution in [3.8, 4) is 22.3 Å². The quantitative estimate of drug-likeness (QED) is 0.678. The molecule has 3 aromatic rings. The number of benzene rings is 3. The molecule has 0 saturated heterocycles. The van der Waals surface area contributed by atoms with Crippen LogP contribution in [0.15, 0.2) is 77.7 Å². The summed E-state index contributed by atoms with van der Waals surface area (Å²) in [5.41, 5.74) is 3.21. The van der Waals surface area contributed by atoms with Crippen molar-refractivity contribution in [2.75, 3.05) is 0 Å². The average Bonchev–Trinajstić information content (AvgIpc) is 2.54. The van der Waals surface area contributed by atoms with Gasteiger partial charge in [-0.05, 0) is 23.6 Å². The second-order valence-corrected chi connectivity index (χ2v) is 6.69. The van der Waals surface area contributed by atoms with Gasteiger partial charge in [0.1, 0.15) is 10.1 Å². The Bertz CT molecular complexity index is 870. The normalized spacial score (nSPS) is 11.4. The van der Waals surface area contributed by atoms with E-state index in [1.807, 2.05) is 43.3 Å². The Morgan fingerprint density at radius 1 is 0.739 bits per heavy atom. The van der Waals surface area contributed by atoms with Crippen molar-refractivity contribution < 1.29 is 13.0 Å². The van der Waals surface area contributed by atoms with Gasteiger partial charge < -0.3 is 4.55 Å². The fourth-order valence-corrected chi connectivity index (χ4v) is 3.60. The van der Waals surface area contributed by atoms with Crippen molar-refractivity contribution in [2.24, 2.45) is 0 Å². The smallest absolute Gasteiger partial charge is 0.125 e. The molecule has 116 valence electrons. The van der Waals surface area contributed by atoms with Crippen LogP contribution in [0.5, 0.6) is 0 Å². The molecule has 0 aliphatic rings. The molecule has 3 nitrogen and oxygen atoms in total. The fourth-order valence-electron chi connectivity index (χ4n) is 2.71. The summed E-state index contributed by atoms with van der Waals surface area (Å²) in [5.74, 6) is 0. The maximum absolute atomic E-state index is 12.0. The summed E-state index contributed by atoms with van der Waals surface area (Å²) in [5, 5.41) is 0. The van der Waals surface area contributed by atoms with Gasteiger partial charge in [0.25, 0.3) is 0 Å². The summed E-state index contributed by atoms with van der Waals surface area (Å²) < 4.78 is 35.9. The van der Waals surface area contributed by atoms with Crippen molar-refractivity contribution in [1.82, 2.24) is 0 Å². The van der Waals surface area contributed by atoms with Crippen LogP contribution in [0, 0.1) is 6.92 Å². The molecule has 0 spiro atoms. The highest BCUT2D eigenvalue weighted by molar-refractivity contribution is 7.86. The Labute approximate surface area is 136 Å². The van der Waals surface area contributed by atoms with Gasteiger partial charge in [-0.25, -0.2) is 8.42 Å². The van der Waals surface area contributed by atoms with Crippen LogP contribution in [0.1, 0.15) is 5.56 Å². The fraction of sp³-hybridized carbons (Fsp3) is 0.0526. The van der Waals surface area contributed by atoms with Gasteiger partial charge >= 0.3 is 0 Å². The third-order valence-electron chi connectivity index (χ3n) is 3.65. The topological polar surface area (TPSA) is 57.2 Å². The molecule has 0 fully saturated rings. The Morgan fingerprint density at radius 3 is 1.48 bits per heavy atom. The summed E-state index contributed by atoms with van der Waals surface area (Å²) in [6.07, 6.45) is 0. The highest BCUT2D eigenvalue weighted by Crippen LogP contribution is 2.36. The van der Waals surface area contributed by atoms with Crippen molar-refractivity contribution in [2.45, 2.75) is 11.8 Å². The molecule has 0 aliphatic carbocycles. The first-order valence-electron chi connectivity index (χ1n) is 7.18. The van der Waals surface area contributed by atoms with Crippen LogP contribution < -0.4 is 0 Å². The lowest BCUT2D eigenvalue weighted by Gasteiger charge is -2.19. The van der Waals surface area contributed by atoms with Gasteiger partial charge in [-0.3, -0.25) is 0 Å². The summed E-state index contributed by atoms with van der Waals surface area (Å²) >= 11 is 0. The Balaban J connectivity index is 2.40. The lowest BCUT2D eigenvalue weighted by atomic mass is 9.96.